The maximum atomic E-state index is 10.1. The molecular weight excluding hydrogens is 234 g/mol. The molecule has 17 heavy (non-hydrogen) atoms. The van der Waals surface area contributed by atoms with Gasteiger partial charge in [-0.1, -0.05) is 18.2 Å². The fraction of sp³-hybridized carbons (Fsp3) is 0.154. The molecule has 0 saturated carbocycles. The Kier molecular flexibility index (Phi) is 2.66. The number of furan rings is 1. The Morgan fingerprint density at radius 2 is 2.24 bits per heavy atom. The highest BCUT2D eigenvalue weighted by molar-refractivity contribution is 7.09. The third-order valence-electron chi connectivity index (χ3n) is 2.65. The Hall–Kier alpha value is -1.65. The Morgan fingerprint density at radius 3 is 3.00 bits per heavy atom. The van der Waals surface area contributed by atoms with Gasteiger partial charge in [-0.05, 0) is 12.1 Å². The van der Waals surface area contributed by atoms with E-state index in [-0.39, 0.29) is 0 Å². The fourth-order valence-corrected chi connectivity index (χ4v) is 2.43. The number of fused-ring (bicyclic) bond motifs is 1. The Labute approximate surface area is 102 Å². The number of thiazole rings is 1. The van der Waals surface area contributed by atoms with Crippen LogP contribution in [0.3, 0.4) is 0 Å². The number of benzene rings is 1. The number of rotatable bonds is 3. The molecule has 1 aromatic carbocycles. The van der Waals surface area contributed by atoms with E-state index in [0.717, 1.165) is 15.8 Å². The van der Waals surface area contributed by atoms with Crippen molar-refractivity contribution >= 4 is 22.3 Å². The highest BCUT2D eigenvalue weighted by Crippen LogP contribution is 2.26. The van der Waals surface area contributed by atoms with Gasteiger partial charge in [0.2, 0.25) is 0 Å². The minimum absolute atomic E-state index is 0.546. The van der Waals surface area contributed by atoms with E-state index in [0.29, 0.717) is 12.2 Å². The van der Waals surface area contributed by atoms with Gasteiger partial charge in [0.1, 0.15) is 17.4 Å². The molecule has 86 valence electrons. The number of hydrogen-bond donors (Lipinski definition) is 1. The van der Waals surface area contributed by atoms with Gasteiger partial charge in [-0.3, -0.25) is 4.98 Å². The van der Waals surface area contributed by atoms with Gasteiger partial charge in [-0.25, -0.2) is 0 Å². The van der Waals surface area contributed by atoms with Gasteiger partial charge >= 0.3 is 0 Å². The summed E-state index contributed by atoms with van der Waals surface area (Å²) < 4.78 is 5.61. The van der Waals surface area contributed by atoms with Gasteiger partial charge < -0.3 is 9.52 Å². The summed E-state index contributed by atoms with van der Waals surface area (Å²) in [6.07, 6.45) is 1.71. The highest BCUT2D eigenvalue weighted by Gasteiger charge is 2.14. The molecule has 1 atom stereocenters. The largest absolute Gasteiger partial charge is 0.458 e. The van der Waals surface area contributed by atoms with Gasteiger partial charge in [0.15, 0.2) is 0 Å². The fourth-order valence-electron chi connectivity index (χ4n) is 1.80. The molecule has 0 amide bonds. The molecule has 0 aliphatic carbocycles. The van der Waals surface area contributed by atoms with Gasteiger partial charge in [-0.15, -0.1) is 11.3 Å². The predicted molar refractivity (Wildman–Crippen MR) is 67.0 cm³/mol. The highest BCUT2D eigenvalue weighted by atomic mass is 32.1. The number of para-hydroxylation sites is 1. The van der Waals surface area contributed by atoms with Crippen molar-refractivity contribution in [3.8, 4) is 0 Å². The zero-order valence-electron chi connectivity index (χ0n) is 9.04. The van der Waals surface area contributed by atoms with Crippen molar-refractivity contribution in [2.45, 2.75) is 12.5 Å². The van der Waals surface area contributed by atoms with Crippen LogP contribution in [0.1, 0.15) is 16.7 Å². The van der Waals surface area contributed by atoms with Crippen LogP contribution < -0.4 is 0 Å². The van der Waals surface area contributed by atoms with E-state index in [1.807, 2.05) is 30.3 Å². The Morgan fingerprint density at radius 1 is 1.35 bits per heavy atom. The van der Waals surface area contributed by atoms with Crippen molar-refractivity contribution in [3.63, 3.8) is 0 Å². The molecule has 0 aliphatic rings. The summed E-state index contributed by atoms with van der Waals surface area (Å²) in [6.45, 7) is 0. The summed E-state index contributed by atoms with van der Waals surface area (Å²) in [6, 6.07) is 9.64. The molecule has 0 bridgehead atoms. The molecule has 3 rings (SSSR count). The van der Waals surface area contributed by atoms with Crippen LogP contribution in [0.2, 0.25) is 0 Å². The molecule has 4 heteroatoms. The summed E-state index contributed by atoms with van der Waals surface area (Å²) in [5, 5.41) is 11.1. The lowest BCUT2D eigenvalue weighted by Crippen LogP contribution is -1.98. The van der Waals surface area contributed by atoms with Crippen molar-refractivity contribution in [2.75, 3.05) is 0 Å². The third kappa shape index (κ3) is 2.09. The third-order valence-corrected chi connectivity index (χ3v) is 3.45. The van der Waals surface area contributed by atoms with Crippen molar-refractivity contribution in [1.82, 2.24) is 4.98 Å². The molecule has 0 radical (unpaired) electrons. The number of aromatic nitrogens is 1. The van der Waals surface area contributed by atoms with Crippen LogP contribution in [0.4, 0.5) is 0 Å². The first-order chi connectivity index (χ1) is 8.33. The number of aliphatic hydroxyl groups is 1. The van der Waals surface area contributed by atoms with Crippen LogP contribution in [0.15, 0.2) is 46.5 Å². The van der Waals surface area contributed by atoms with Crippen LogP contribution in [0.5, 0.6) is 0 Å². The quantitative estimate of drug-likeness (QED) is 0.771. The van der Waals surface area contributed by atoms with Crippen molar-refractivity contribution in [3.05, 3.63) is 52.7 Å². The van der Waals surface area contributed by atoms with Gasteiger partial charge in [0.25, 0.3) is 0 Å². The zero-order chi connectivity index (χ0) is 11.7. The average molecular weight is 245 g/mol. The second-order valence-corrected chi connectivity index (χ2v) is 4.85. The first-order valence-electron chi connectivity index (χ1n) is 5.37. The van der Waals surface area contributed by atoms with Crippen LogP contribution in [-0.2, 0) is 6.42 Å². The molecule has 1 N–H and O–H groups in total. The summed E-state index contributed by atoms with van der Waals surface area (Å²) >= 11 is 1.54. The van der Waals surface area contributed by atoms with Crippen molar-refractivity contribution in [2.24, 2.45) is 0 Å². The van der Waals surface area contributed by atoms with E-state index in [9.17, 15) is 5.11 Å². The molecule has 2 heterocycles. The van der Waals surface area contributed by atoms with Crippen molar-refractivity contribution in [1.29, 1.82) is 0 Å². The lowest BCUT2D eigenvalue weighted by Gasteiger charge is -2.04. The number of nitrogens with zero attached hydrogens (tertiary/aromatic N) is 1. The molecule has 0 fully saturated rings. The van der Waals surface area contributed by atoms with E-state index in [1.165, 1.54) is 0 Å². The van der Waals surface area contributed by atoms with E-state index in [4.69, 9.17) is 4.42 Å². The van der Waals surface area contributed by atoms with Gasteiger partial charge in [0.05, 0.1) is 5.51 Å². The maximum Gasteiger partial charge on any atom is 0.134 e. The first kappa shape index (κ1) is 10.5. The van der Waals surface area contributed by atoms with Gasteiger partial charge in [0, 0.05) is 22.9 Å². The average Bonchev–Trinajstić information content (AvgIpc) is 2.96. The molecule has 0 saturated heterocycles. The summed E-state index contributed by atoms with van der Waals surface area (Å²) in [5.41, 5.74) is 2.58. The standard InChI is InChI=1S/C13H11NO2S/c15-11(6-10-7-14-8-17-10)13-5-9-3-1-2-4-12(9)16-13/h1-5,7-8,11,15H,6H2. The van der Waals surface area contributed by atoms with Crippen LogP contribution in [0.25, 0.3) is 11.0 Å². The molecule has 1 unspecified atom stereocenters. The summed E-state index contributed by atoms with van der Waals surface area (Å²) in [4.78, 5) is 5.04. The van der Waals surface area contributed by atoms with E-state index < -0.39 is 6.10 Å². The summed E-state index contributed by atoms with van der Waals surface area (Å²) in [7, 11) is 0. The summed E-state index contributed by atoms with van der Waals surface area (Å²) in [5.74, 6) is 0.611. The molecular formula is C13H11NO2S. The lowest BCUT2D eigenvalue weighted by atomic mass is 10.1. The first-order valence-corrected chi connectivity index (χ1v) is 6.25. The number of aliphatic hydroxyl groups excluding tert-OH is 1. The molecule has 0 aliphatic heterocycles. The van der Waals surface area contributed by atoms with E-state index in [2.05, 4.69) is 4.98 Å². The van der Waals surface area contributed by atoms with Crippen molar-refractivity contribution < 1.29 is 9.52 Å². The van der Waals surface area contributed by atoms with Gasteiger partial charge in [-0.2, -0.15) is 0 Å². The molecule has 3 nitrogen and oxygen atoms in total. The van der Waals surface area contributed by atoms with Crippen LogP contribution in [0, 0.1) is 0 Å². The Bertz CT molecular complexity index is 582. The predicted octanol–water partition coefficient (Wildman–Crippen LogP) is 3.17. The SMILES string of the molecule is OC(Cc1cncs1)c1cc2ccccc2o1. The molecule has 3 aromatic rings. The van der Waals surface area contributed by atoms with Crippen LogP contribution >= 0.6 is 11.3 Å². The lowest BCUT2D eigenvalue weighted by molar-refractivity contribution is 0.153. The monoisotopic (exact) mass is 245 g/mol. The topological polar surface area (TPSA) is 46.3 Å². The number of hydrogen-bond acceptors (Lipinski definition) is 4. The smallest absolute Gasteiger partial charge is 0.134 e. The molecule has 2 aromatic heterocycles. The normalized spacial score (nSPS) is 13.0. The zero-order valence-corrected chi connectivity index (χ0v) is 9.85. The van der Waals surface area contributed by atoms with Crippen LogP contribution in [-0.4, -0.2) is 10.1 Å². The maximum absolute atomic E-state index is 10.1. The second kappa shape index (κ2) is 4.31. The minimum Gasteiger partial charge on any atom is -0.458 e. The molecule has 0 spiro atoms. The van der Waals surface area contributed by atoms with E-state index >= 15 is 0 Å². The van der Waals surface area contributed by atoms with E-state index in [1.54, 1.807) is 23.0 Å². The second-order valence-electron chi connectivity index (χ2n) is 3.87. The minimum atomic E-state index is -0.608. The Balaban J connectivity index is 1.88.